The molecule has 0 bridgehead atoms. The molecule has 2 heterocycles. The standard InChI is InChI=1S/C14H12N2O3/c1-9-5-6-10-3-2-4-12(13(10)15-9)19-14-16-11(7-17)8-18-14/h2-6,8,17H,7H2,1H3. The Balaban J connectivity index is 2.02. The van der Waals surface area contributed by atoms with E-state index in [1.54, 1.807) is 6.07 Å². The van der Waals surface area contributed by atoms with Crippen molar-refractivity contribution in [3.8, 4) is 11.8 Å². The van der Waals surface area contributed by atoms with Crippen molar-refractivity contribution in [2.75, 3.05) is 0 Å². The number of ether oxygens (including phenoxy) is 1. The van der Waals surface area contributed by atoms with Gasteiger partial charge >= 0.3 is 6.08 Å². The molecule has 2 aromatic heterocycles. The zero-order chi connectivity index (χ0) is 13.2. The lowest BCUT2D eigenvalue weighted by molar-refractivity contribution is 0.276. The number of hydrogen-bond donors (Lipinski definition) is 1. The molecule has 1 aromatic carbocycles. The fourth-order valence-corrected chi connectivity index (χ4v) is 1.80. The number of nitrogens with zero attached hydrogens (tertiary/aromatic N) is 2. The average Bonchev–Trinajstić information content (AvgIpc) is 2.87. The predicted octanol–water partition coefficient (Wildman–Crippen LogP) is 2.82. The van der Waals surface area contributed by atoms with Crippen molar-refractivity contribution in [2.45, 2.75) is 13.5 Å². The molecule has 1 N–H and O–H groups in total. The van der Waals surface area contributed by atoms with Crippen LogP contribution in [0.4, 0.5) is 0 Å². The summed E-state index contributed by atoms with van der Waals surface area (Å²) in [4.78, 5) is 8.44. The minimum Gasteiger partial charge on any atom is -0.417 e. The molecule has 0 aliphatic carbocycles. The van der Waals surface area contributed by atoms with Gasteiger partial charge in [0.25, 0.3) is 0 Å². The first-order valence-corrected chi connectivity index (χ1v) is 5.86. The number of rotatable bonds is 3. The molecular formula is C14H12N2O3. The SMILES string of the molecule is Cc1ccc2cccc(Oc3nc(CO)co3)c2n1. The predicted molar refractivity (Wildman–Crippen MR) is 69.0 cm³/mol. The molecule has 0 amide bonds. The van der Waals surface area contributed by atoms with Crippen LogP contribution in [0.1, 0.15) is 11.4 Å². The van der Waals surface area contributed by atoms with Gasteiger partial charge in [-0.3, -0.25) is 0 Å². The molecule has 3 rings (SSSR count). The van der Waals surface area contributed by atoms with Gasteiger partial charge in [-0.15, -0.1) is 0 Å². The van der Waals surface area contributed by atoms with Crippen molar-refractivity contribution in [3.05, 3.63) is 48.0 Å². The van der Waals surface area contributed by atoms with E-state index in [4.69, 9.17) is 14.3 Å². The van der Waals surface area contributed by atoms with Crippen LogP contribution in [0, 0.1) is 6.92 Å². The highest BCUT2D eigenvalue weighted by Crippen LogP contribution is 2.28. The van der Waals surface area contributed by atoms with Gasteiger partial charge in [0.1, 0.15) is 17.5 Å². The average molecular weight is 256 g/mol. The van der Waals surface area contributed by atoms with Gasteiger partial charge in [-0.1, -0.05) is 18.2 Å². The third kappa shape index (κ3) is 2.28. The van der Waals surface area contributed by atoms with Crippen LogP contribution in [0.3, 0.4) is 0 Å². The second kappa shape index (κ2) is 4.70. The van der Waals surface area contributed by atoms with E-state index in [1.165, 1.54) is 6.26 Å². The molecule has 5 heteroatoms. The third-order valence-electron chi connectivity index (χ3n) is 2.71. The molecule has 0 atom stereocenters. The number of aryl methyl sites for hydroxylation is 1. The van der Waals surface area contributed by atoms with Crippen LogP contribution in [-0.4, -0.2) is 15.1 Å². The van der Waals surface area contributed by atoms with E-state index in [0.717, 1.165) is 16.6 Å². The number of benzene rings is 1. The smallest absolute Gasteiger partial charge is 0.399 e. The van der Waals surface area contributed by atoms with E-state index in [-0.39, 0.29) is 12.7 Å². The lowest BCUT2D eigenvalue weighted by Gasteiger charge is -2.05. The van der Waals surface area contributed by atoms with E-state index >= 15 is 0 Å². The summed E-state index contributed by atoms with van der Waals surface area (Å²) >= 11 is 0. The van der Waals surface area contributed by atoms with Crippen LogP contribution in [0.15, 0.2) is 41.0 Å². The summed E-state index contributed by atoms with van der Waals surface area (Å²) in [7, 11) is 0. The molecule has 96 valence electrons. The molecule has 3 aromatic rings. The molecule has 5 nitrogen and oxygen atoms in total. The Morgan fingerprint density at radius 2 is 2.11 bits per heavy atom. The molecule has 0 unspecified atom stereocenters. The third-order valence-corrected chi connectivity index (χ3v) is 2.71. The van der Waals surface area contributed by atoms with Crippen molar-refractivity contribution in [2.24, 2.45) is 0 Å². The van der Waals surface area contributed by atoms with Crippen LogP contribution in [0.5, 0.6) is 11.8 Å². The molecule has 0 aliphatic heterocycles. The number of pyridine rings is 1. The largest absolute Gasteiger partial charge is 0.417 e. The van der Waals surface area contributed by atoms with Crippen molar-refractivity contribution in [3.63, 3.8) is 0 Å². The van der Waals surface area contributed by atoms with Gasteiger partial charge in [-0.2, -0.15) is 4.98 Å². The second-order valence-electron chi connectivity index (χ2n) is 4.15. The van der Waals surface area contributed by atoms with E-state index in [0.29, 0.717) is 11.4 Å². The van der Waals surface area contributed by atoms with Crippen molar-refractivity contribution in [1.29, 1.82) is 0 Å². The summed E-state index contributed by atoms with van der Waals surface area (Å²) in [6.07, 6.45) is 1.46. The molecule has 0 radical (unpaired) electrons. The van der Waals surface area contributed by atoms with Crippen molar-refractivity contribution >= 4 is 10.9 Å². The Bertz CT molecular complexity index is 722. The maximum atomic E-state index is 8.93. The number of para-hydroxylation sites is 1. The summed E-state index contributed by atoms with van der Waals surface area (Å²) in [6.45, 7) is 1.74. The van der Waals surface area contributed by atoms with Gasteiger partial charge < -0.3 is 14.3 Å². The van der Waals surface area contributed by atoms with Gasteiger partial charge in [0.15, 0.2) is 5.75 Å². The second-order valence-corrected chi connectivity index (χ2v) is 4.15. The fourth-order valence-electron chi connectivity index (χ4n) is 1.80. The fraction of sp³-hybridized carbons (Fsp3) is 0.143. The molecule has 0 spiro atoms. The van der Waals surface area contributed by atoms with Crippen LogP contribution in [0.25, 0.3) is 10.9 Å². The van der Waals surface area contributed by atoms with Gasteiger partial charge in [-0.25, -0.2) is 4.98 Å². The molecule has 0 fully saturated rings. The normalized spacial score (nSPS) is 10.8. The number of aliphatic hydroxyl groups is 1. The van der Waals surface area contributed by atoms with Gasteiger partial charge in [-0.05, 0) is 19.1 Å². The maximum Gasteiger partial charge on any atom is 0.399 e. The number of hydrogen-bond acceptors (Lipinski definition) is 5. The van der Waals surface area contributed by atoms with E-state index in [9.17, 15) is 0 Å². The van der Waals surface area contributed by atoms with E-state index in [1.807, 2.05) is 31.2 Å². The summed E-state index contributed by atoms with van der Waals surface area (Å²) in [5, 5.41) is 9.92. The van der Waals surface area contributed by atoms with Crippen molar-refractivity contribution < 1.29 is 14.3 Å². The first-order valence-electron chi connectivity index (χ1n) is 5.86. The number of fused-ring (bicyclic) bond motifs is 1. The topological polar surface area (TPSA) is 68.4 Å². The Morgan fingerprint density at radius 3 is 2.89 bits per heavy atom. The number of aliphatic hydroxyl groups excluding tert-OH is 1. The van der Waals surface area contributed by atoms with E-state index < -0.39 is 0 Å². The Hall–Kier alpha value is -2.40. The zero-order valence-electron chi connectivity index (χ0n) is 10.3. The number of oxazole rings is 1. The van der Waals surface area contributed by atoms with Gasteiger partial charge in [0.2, 0.25) is 0 Å². The lowest BCUT2D eigenvalue weighted by atomic mass is 10.2. The Kier molecular flexibility index (Phi) is 2.89. The van der Waals surface area contributed by atoms with Crippen LogP contribution in [0.2, 0.25) is 0 Å². The Labute approximate surface area is 109 Å². The summed E-state index contributed by atoms with van der Waals surface area (Å²) in [6, 6.07) is 9.58. The minimum atomic E-state index is -0.181. The quantitative estimate of drug-likeness (QED) is 0.780. The lowest BCUT2D eigenvalue weighted by Crippen LogP contribution is -1.90. The molecule has 0 saturated heterocycles. The highest BCUT2D eigenvalue weighted by atomic mass is 16.6. The van der Waals surface area contributed by atoms with Crippen LogP contribution in [-0.2, 0) is 6.61 Å². The van der Waals surface area contributed by atoms with Crippen LogP contribution < -0.4 is 4.74 Å². The first-order chi connectivity index (χ1) is 9.26. The minimum absolute atomic E-state index is 0.0971. The van der Waals surface area contributed by atoms with Crippen molar-refractivity contribution in [1.82, 2.24) is 9.97 Å². The van der Waals surface area contributed by atoms with E-state index in [2.05, 4.69) is 9.97 Å². The van der Waals surface area contributed by atoms with Gasteiger partial charge in [0, 0.05) is 11.1 Å². The maximum absolute atomic E-state index is 8.93. The number of aromatic nitrogens is 2. The summed E-state index contributed by atoms with van der Waals surface area (Å²) in [5.41, 5.74) is 2.10. The highest BCUT2D eigenvalue weighted by Gasteiger charge is 2.09. The Morgan fingerprint density at radius 1 is 1.21 bits per heavy atom. The molecule has 0 aliphatic rings. The molecular weight excluding hydrogens is 244 g/mol. The van der Waals surface area contributed by atoms with Crippen LogP contribution >= 0.6 is 0 Å². The summed E-state index contributed by atoms with van der Waals surface area (Å²) < 4.78 is 10.7. The monoisotopic (exact) mass is 256 g/mol. The molecule has 19 heavy (non-hydrogen) atoms. The highest BCUT2D eigenvalue weighted by molar-refractivity contribution is 5.84. The zero-order valence-corrected chi connectivity index (χ0v) is 10.3. The summed E-state index contributed by atoms with van der Waals surface area (Å²) in [5.74, 6) is 0.576. The molecule has 0 saturated carbocycles. The first kappa shape index (κ1) is 11.7. The van der Waals surface area contributed by atoms with Gasteiger partial charge in [0.05, 0.1) is 6.61 Å².